The molecular formula is C28H24ClN3O4S. The summed E-state index contributed by atoms with van der Waals surface area (Å²) in [6.07, 6.45) is 4.57. The molecule has 188 valence electrons. The summed E-state index contributed by atoms with van der Waals surface area (Å²) in [7, 11) is 0. The van der Waals surface area contributed by atoms with Crippen LogP contribution in [0, 0.1) is 0 Å². The van der Waals surface area contributed by atoms with Crippen LogP contribution in [0.4, 0.5) is 5.69 Å². The number of carboxylic acids is 1. The van der Waals surface area contributed by atoms with Crippen molar-refractivity contribution in [1.29, 1.82) is 0 Å². The Labute approximate surface area is 221 Å². The first kappa shape index (κ1) is 23.9. The average molecular weight is 534 g/mol. The third kappa shape index (κ3) is 4.45. The number of nitrogens with zero attached hydrogens (tertiary/aromatic N) is 1. The van der Waals surface area contributed by atoms with Crippen LogP contribution < -0.4 is 9.44 Å². The second kappa shape index (κ2) is 9.13. The van der Waals surface area contributed by atoms with Crippen molar-refractivity contribution in [1.82, 2.24) is 9.88 Å². The van der Waals surface area contributed by atoms with Crippen molar-refractivity contribution in [3.05, 3.63) is 95.1 Å². The van der Waals surface area contributed by atoms with E-state index in [1.165, 1.54) is 6.20 Å². The number of nitrogens with one attached hydrogen (secondary N) is 2. The minimum absolute atomic E-state index is 0.408. The number of anilines is 1. The van der Waals surface area contributed by atoms with Crippen LogP contribution in [0.15, 0.2) is 83.5 Å². The Morgan fingerprint density at radius 1 is 0.919 bits per heavy atom. The maximum Gasteiger partial charge on any atom is 0.314 e. The lowest BCUT2D eigenvalue weighted by atomic mass is 9.93. The van der Waals surface area contributed by atoms with E-state index in [-0.39, 0.29) is 0 Å². The van der Waals surface area contributed by atoms with E-state index in [1.54, 1.807) is 0 Å². The quantitative estimate of drug-likeness (QED) is 0.243. The molecule has 0 bridgehead atoms. The fourth-order valence-electron chi connectivity index (χ4n) is 4.77. The fraction of sp³-hybridized carbons (Fsp3) is 0.214. The summed E-state index contributed by atoms with van der Waals surface area (Å²) in [4.78, 5) is 11.6. The molecule has 2 aliphatic carbocycles. The number of carboxylic acid groups (broad SMARTS) is 1. The number of carbonyl (C=O) groups is 1. The van der Waals surface area contributed by atoms with Crippen LogP contribution in [0.5, 0.6) is 0 Å². The highest BCUT2D eigenvalue weighted by molar-refractivity contribution is 7.84. The van der Waals surface area contributed by atoms with Gasteiger partial charge in [-0.05, 0) is 54.0 Å². The van der Waals surface area contributed by atoms with Crippen molar-refractivity contribution >= 4 is 34.4 Å². The summed E-state index contributed by atoms with van der Waals surface area (Å²) < 4.78 is 24.6. The van der Waals surface area contributed by atoms with Crippen LogP contribution in [-0.4, -0.2) is 20.4 Å². The molecule has 7 nitrogen and oxygen atoms in total. The van der Waals surface area contributed by atoms with E-state index in [0.717, 1.165) is 40.7 Å². The SMILES string of the molecule is O=C(O)C1(c2ccc(-c3ccc(-c4oncc4NS(=O)NC4(c5ccccc5Cl)CC4)cc3)cc2)CC1. The molecule has 1 unspecified atom stereocenters. The van der Waals surface area contributed by atoms with Gasteiger partial charge in [0, 0.05) is 10.6 Å². The van der Waals surface area contributed by atoms with Gasteiger partial charge in [-0.15, -0.1) is 0 Å². The van der Waals surface area contributed by atoms with Crippen LogP contribution >= 0.6 is 11.6 Å². The van der Waals surface area contributed by atoms with Crippen LogP contribution in [0.1, 0.15) is 36.8 Å². The van der Waals surface area contributed by atoms with Crippen LogP contribution in [0.25, 0.3) is 22.5 Å². The maximum absolute atomic E-state index is 13.0. The predicted molar refractivity (Wildman–Crippen MR) is 143 cm³/mol. The highest BCUT2D eigenvalue weighted by atomic mass is 35.5. The van der Waals surface area contributed by atoms with Crippen LogP contribution in [0.2, 0.25) is 5.02 Å². The zero-order valence-corrected chi connectivity index (χ0v) is 21.3. The molecule has 1 aromatic heterocycles. The standard InChI is InChI=1S/C28H24ClN3O4S/c29-23-4-2-1-3-22(23)28(15-16-28)32-37(35)31-24-17-30-36-25(24)20-7-5-18(6-8-20)19-9-11-21(12-10-19)27(13-14-27)26(33)34/h1-12,17,31-32H,13-16H2,(H,33,34). The first-order valence-electron chi connectivity index (χ1n) is 12.0. The molecule has 0 saturated heterocycles. The summed E-state index contributed by atoms with van der Waals surface area (Å²) in [6.45, 7) is 0. The topological polar surface area (TPSA) is 104 Å². The van der Waals surface area contributed by atoms with Gasteiger partial charge in [-0.1, -0.05) is 83.5 Å². The van der Waals surface area contributed by atoms with Crippen molar-refractivity contribution in [3.8, 4) is 22.5 Å². The van der Waals surface area contributed by atoms with Crippen molar-refractivity contribution in [2.24, 2.45) is 0 Å². The van der Waals surface area contributed by atoms with E-state index in [1.807, 2.05) is 72.8 Å². The van der Waals surface area contributed by atoms with Crippen molar-refractivity contribution in [2.45, 2.75) is 36.6 Å². The second-order valence-electron chi connectivity index (χ2n) is 9.65. The Kier molecular flexibility index (Phi) is 5.90. The van der Waals surface area contributed by atoms with Gasteiger partial charge in [0.1, 0.15) is 5.69 Å². The Hall–Kier alpha value is -3.46. The number of hydrogen-bond acceptors (Lipinski definition) is 4. The Balaban J connectivity index is 1.15. The second-order valence-corrected chi connectivity index (χ2v) is 11.0. The van der Waals surface area contributed by atoms with Crippen molar-refractivity contribution in [3.63, 3.8) is 0 Å². The summed E-state index contributed by atoms with van der Waals surface area (Å²) in [6, 6.07) is 23.1. The molecule has 4 aromatic rings. The molecular weight excluding hydrogens is 510 g/mol. The maximum atomic E-state index is 13.0. The highest BCUT2D eigenvalue weighted by Crippen LogP contribution is 2.49. The summed E-state index contributed by atoms with van der Waals surface area (Å²) >= 11 is 4.78. The van der Waals surface area contributed by atoms with E-state index >= 15 is 0 Å². The predicted octanol–water partition coefficient (Wildman–Crippen LogP) is 6.05. The molecule has 0 aliphatic heterocycles. The molecule has 6 rings (SSSR count). The van der Waals surface area contributed by atoms with Crippen LogP contribution in [0.3, 0.4) is 0 Å². The zero-order chi connectivity index (χ0) is 25.6. The lowest BCUT2D eigenvalue weighted by Crippen LogP contribution is -2.34. The van der Waals surface area contributed by atoms with E-state index < -0.39 is 28.1 Å². The normalized spacial score (nSPS) is 17.6. The molecule has 3 N–H and O–H groups in total. The van der Waals surface area contributed by atoms with Gasteiger partial charge in [-0.2, -0.15) is 0 Å². The monoisotopic (exact) mass is 533 g/mol. The Morgan fingerprint density at radius 2 is 1.54 bits per heavy atom. The summed E-state index contributed by atoms with van der Waals surface area (Å²) in [5.74, 6) is -0.273. The number of rotatable bonds is 9. The molecule has 2 fully saturated rings. The largest absolute Gasteiger partial charge is 0.481 e. The molecule has 1 heterocycles. The average Bonchev–Trinajstić information content (AvgIpc) is 3.82. The van der Waals surface area contributed by atoms with E-state index in [9.17, 15) is 14.1 Å². The van der Waals surface area contributed by atoms with Gasteiger partial charge in [0.15, 0.2) is 16.9 Å². The van der Waals surface area contributed by atoms with Gasteiger partial charge in [0.05, 0.1) is 17.2 Å². The molecule has 0 spiro atoms. The van der Waals surface area contributed by atoms with E-state index in [4.69, 9.17) is 16.1 Å². The molecule has 0 amide bonds. The molecule has 37 heavy (non-hydrogen) atoms. The lowest BCUT2D eigenvalue weighted by molar-refractivity contribution is -0.140. The van der Waals surface area contributed by atoms with Crippen molar-refractivity contribution < 1.29 is 18.6 Å². The van der Waals surface area contributed by atoms with Gasteiger partial charge in [0.2, 0.25) is 0 Å². The zero-order valence-electron chi connectivity index (χ0n) is 19.7. The Bertz CT molecular complexity index is 1490. The smallest absolute Gasteiger partial charge is 0.314 e. The fourth-order valence-corrected chi connectivity index (χ4v) is 6.15. The molecule has 3 aromatic carbocycles. The molecule has 2 saturated carbocycles. The number of aromatic nitrogens is 1. The Morgan fingerprint density at radius 3 is 2.14 bits per heavy atom. The minimum Gasteiger partial charge on any atom is -0.481 e. The lowest BCUT2D eigenvalue weighted by Gasteiger charge is -2.18. The van der Waals surface area contributed by atoms with Gasteiger partial charge in [-0.25, -0.2) is 8.93 Å². The van der Waals surface area contributed by atoms with Gasteiger partial charge in [0.25, 0.3) is 0 Å². The first-order valence-corrected chi connectivity index (χ1v) is 13.5. The van der Waals surface area contributed by atoms with Crippen LogP contribution in [-0.2, 0) is 26.9 Å². The number of benzene rings is 3. The number of aliphatic carboxylic acids is 1. The molecule has 1 atom stereocenters. The third-order valence-electron chi connectivity index (χ3n) is 7.28. The molecule has 2 aliphatic rings. The van der Waals surface area contributed by atoms with Gasteiger partial charge >= 0.3 is 5.97 Å². The first-order chi connectivity index (χ1) is 17.9. The molecule has 0 radical (unpaired) electrons. The van der Waals surface area contributed by atoms with Crippen molar-refractivity contribution in [2.75, 3.05) is 4.72 Å². The minimum atomic E-state index is -1.59. The summed E-state index contributed by atoms with van der Waals surface area (Å²) in [5.41, 5.74) is 3.96. The molecule has 9 heteroatoms. The van der Waals surface area contributed by atoms with Gasteiger partial charge in [-0.3, -0.25) is 9.52 Å². The van der Waals surface area contributed by atoms with Gasteiger partial charge < -0.3 is 9.63 Å². The van der Waals surface area contributed by atoms with E-state index in [2.05, 4.69) is 14.6 Å². The number of halogens is 1. The summed E-state index contributed by atoms with van der Waals surface area (Å²) in [5, 5.41) is 14.1. The third-order valence-corrected chi connectivity index (χ3v) is 8.59. The van der Waals surface area contributed by atoms with E-state index in [0.29, 0.717) is 29.3 Å². The highest BCUT2D eigenvalue weighted by Gasteiger charge is 2.51. The number of hydrogen-bond donors (Lipinski definition) is 3.